The third kappa shape index (κ3) is 4.02. The summed E-state index contributed by atoms with van der Waals surface area (Å²) in [6.45, 7) is 8.66. The second-order valence-electron chi connectivity index (χ2n) is 4.56. The van der Waals surface area contributed by atoms with Crippen molar-refractivity contribution < 1.29 is 9.53 Å². The van der Waals surface area contributed by atoms with Crippen LogP contribution in [0.1, 0.15) is 44.5 Å². The Morgan fingerprint density at radius 1 is 1.39 bits per heavy atom. The molecule has 0 fully saturated rings. The number of nitrogens with one attached hydrogen (secondary N) is 1. The number of hydrogen-bond donors (Lipinski definition) is 1. The molecule has 0 aromatic carbocycles. The topological polar surface area (TPSA) is 51.2 Å². The van der Waals surface area contributed by atoms with Crippen molar-refractivity contribution >= 4 is 11.8 Å². The molecule has 0 aliphatic carbocycles. The molecule has 0 bridgehead atoms. The Labute approximate surface area is 109 Å². The molecule has 0 aliphatic heterocycles. The molecular formula is C14H22N2O2. The standard InChI is InChI=1S/C14H22N2O2/c1-5-12(10(3)4)16-13-8-7-11(9-15-13)14(17)18-6-2/h7-10,12H,5-6H2,1-4H3,(H,15,16). The van der Waals surface area contributed by atoms with E-state index in [0.29, 0.717) is 24.1 Å². The maximum atomic E-state index is 11.5. The minimum atomic E-state index is -0.326. The normalized spacial score (nSPS) is 12.3. The average Bonchev–Trinajstić information content (AvgIpc) is 2.36. The highest BCUT2D eigenvalue weighted by molar-refractivity contribution is 5.89. The van der Waals surface area contributed by atoms with Crippen LogP contribution in [0.5, 0.6) is 0 Å². The molecule has 100 valence electrons. The van der Waals surface area contributed by atoms with Gasteiger partial charge < -0.3 is 10.1 Å². The Morgan fingerprint density at radius 3 is 2.56 bits per heavy atom. The van der Waals surface area contributed by atoms with Crippen LogP contribution in [0.4, 0.5) is 5.82 Å². The number of nitrogens with zero attached hydrogens (tertiary/aromatic N) is 1. The van der Waals surface area contributed by atoms with Crippen LogP contribution < -0.4 is 5.32 Å². The fraction of sp³-hybridized carbons (Fsp3) is 0.571. The summed E-state index contributed by atoms with van der Waals surface area (Å²) in [4.78, 5) is 15.7. The Bertz CT molecular complexity index is 374. The Hall–Kier alpha value is -1.58. The number of anilines is 1. The van der Waals surface area contributed by atoms with Gasteiger partial charge in [-0.25, -0.2) is 9.78 Å². The number of rotatable bonds is 6. The molecule has 0 aliphatic rings. The van der Waals surface area contributed by atoms with E-state index in [9.17, 15) is 4.79 Å². The minimum Gasteiger partial charge on any atom is -0.462 e. The van der Waals surface area contributed by atoms with Gasteiger partial charge in [0.25, 0.3) is 0 Å². The van der Waals surface area contributed by atoms with Crippen molar-refractivity contribution in [2.45, 2.75) is 40.2 Å². The third-order valence-electron chi connectivity index (χ3n) is 2.85. The third-order valence-corrected chi connectivity index (χ3v) is 2.85. The van der Waals surface area contributed by atoms with E-state index in [1.165, 1.54) is 0 Å². The monoisotopic (exact) mass is 250 g/mol. The summed E-state index contributed by atoms with van der Waals surface area (Å²) >= 11 is 0. The van der Waals surface area contributed by atoms with Crippen LogP contribution in [-0.4, -0.2) is 23.6 Å². The molecule has 1 atom stereocenters. The summed E-state index contributed by atoms with van der Waals surface area (Å²) in [5.41, 5.74) is 0.486. The first-order valence-electron chi connectivity index (χ1n) is 6.48. The molecule has 1 aromatic rings. The highest BCUT2D eigenvalue weighted by Gasteiger charge is 2.12. The largest absolute Gasteiger partial charge is 0.462 e. The Kier molecular flexibility index (Phi) is 5.62. The molecule has 1 rings (SSSR count). The van der Waals surface area contributed by atoms with Crippen LogP contribution in [0, 0.1) is 5.92 Å². The molecule has 0 spiro atoms. The number of ether oxygens (including phenoxy) is 1. The van der Waals surface area contributed by atoms with Crippen molar-refractivity contribution in [3.05, 3.63) is 23.9 Å². The van der Waals surface area contributed by atoms with E-state index < -0.39 is 0 Å². The van der Waals surface area contributed by atoms with Crippen LogP contribution in [0.2, 0.25) is 0 Å². The highest BCUT2D eigenvalue weighted by atomic mass is 16.5. The van der Waals surface area contributed by atoms with Gasteiger partial charge in [-0.3, -0.25) is 0 Å². The Morgan fingerprint density at radius 2 is 2.11 bits per heavy atom. The molecule has 0 saturated heterocycles. The predicted octanol–water partition coefficient (Wildman–Crippen LogP) is 3.10. The second kappa shape index (κ2) is 6.99. The van der Waals surface area contributed by atoms with Crippen LogP contribution in [-0.2, 0) is 4.74 Å². The van der Waals surface area contributed by atoms with E-state index in [1.54, 1.807) is 19.2 Å². The number of carbonyl (C=O) groups excluding carboxylic acids is 1. The molecule has 1 N–H and O–H groups in total. The highest BCUT2D eigenvalue weighted by Crippen LogP contribution is 2.13. The summed E-state index contributed by atoms with van der Waals surface area (Å²) in [6.07, 6.45) is 2.59. The molecule has 4 nitrogen and oxygen atoms in total. The van der Waals surface area contributed by atoms with Gasteiger partial charge in [0.05, 0.1) is 12.2 Å². The zero-order valence-electron chi connectivity index (χ0n) is 11.6. The van der Waals surface area contributed by atoms with Gasteiger partial charge in [-0.2, -0.15) is 0 Å². The zero-order chi connectivity index (χ0) is 13.5. The van der Waals surface area contributed by atoms with Gasteiger partial charge >= 0.3 is 5.97 Å². The van der Waals surface area contributed by atoms with E-state index in [4.69, 9.17) is 4.74 Å². The van der Waals surface area contributed by atoms with Crippen LogP contribution in [0.25, 0.3) is 0 Å². The van der Waals surface area contributed by atoms with Gasteiger partial charge in [-0.05, 0) is 31.4 Å². The maximum absolute atomic E-state index is 11.5. The van der Waals surface area contributed by atoms with Crippen LogP contribution in [0.15, 0.2) is 18.3 Å². The smallest absolute Gasteiger partial charge is 0.339 e. The molecule has 0 amide bonds. The van der Waals surface area contributed by atoms with Crippen molar-refractivity contribution in [1.82, 2.24) is 4.98 Å². The van der Waals surface area contributed by atoms with E-state index >= 15 is 0 Å². The minimum absolute atomic E-state index is 0.326. The number of hydrogen-bond acceptors (Lipinski definition) is 4. The SMILES string of the molecule is CCOC(=O)c1ccc(NC(CC)C(C)C)nc1. The van der Waals surface area contributed by atoms with Crippen molar-refractivity contribution in [3.63, 3.8) is 0 Å². The predicted molar refractivity (Wildman–Crippen MR) is 72.7 cm³/mol. The zero-order valence-corrected chi connectivity index (χ0v) is 11.6. The van der Waals surface area contributed by atoms with Gasteiger partial charge in [0, 0.05) is 12.2 Å². The first kappa shape index (κ1) is 14.5. The first-order chi connectivity index (χ1) is 8.58. The lowest BCUT2D eigenvalue weighted by Crippen LogP contribution is -2.25. The fourth-order valence-corrected chi connectivity index (χ4v) is 1.74. The second-order valence-corrected chi connectivity index (χ2v) is 4.56. The maximum Gasteiger partial charge on any atom is 0.339 e. The van der Waals surface area contributed by atoms with E-state index in [2.05, 4.69) is 31.1 Å². The number of pyridine rings is 1. The van der Waals surface area contributed by atoms with Gasteiger partial charge in [-0.15, -0.1) is 0 Å². The molecule has 18 heavy (non-hydrogen) atoms. The summed E-state index contributed by atoms with van der Waals surface area (Å²) in [7, 11) is 0. The van der Waals surface area contributed by atoms with Crippen molar-refractivity contribution in [2.75, 3.05) is 11.9 Å². The molecule has 1 heterocycles. The van der Waals surface area contributed by atoms with Gasteiger partial charge in [-0.1, -0.05) is 20.8 Å². The number of carbonyl (C=O) groups is 1. The molecule has 0 radical (unpaired) electrons. The van der Waals surface area contributed by atoms with Gasteiger partial charge in [0.1, 0.15) is 5.82 Å². The van der Waals surface area contributed by atoms with Gasteiger partial charge in [0.15, 0.2) is 0 Å². The van der Waals surface area contributed by atoms with Crippen LogP contribution >= 0.6 is 0 Å². The van der Waals surface area contributed by atoms with E-state index in [1.807, 2.05) is 6.07 Å². The van der Waals surface area contributed by atoms with Crippen molar-refractivity contribution in [3.8, 4) is 0 Å². The fourth-order valence-electron chi connectivity index (χ4n) is 1.74. The number of esters is 1. The lowest BCUT2D eigenvalue weighted by molar-refractivity contribution is 0.0526. The lowest BCUT2D eigenvalue weighted by Gasteiger charge is -2.21. The Balaban J connectivity index is 2.68. The average molecular weight is 250 g/mol. The van der Waals surface area contributed by atoms with Crippen molar-refractivity contribution in [2.24, 2.45) is 5.92 Å². The number of aromatic nitrogens is 1. The quantitative estimate of drug-likeness (QED) is 0.788. The van der Waals surface area contributed by atoms with Crippen LogP contribution in [0.3, 0.4) is 0 Å². The van der Waals surface area contributed by atoms with E-state index in [-0.39, 0.29) is 5.97 Å². The van der Waals surface area contributed by atoms with Gasteiger partial charge in [0.2, 0.25) is 0 Å². The summed E-state index contributed by atoms with van der Waals surface area (Å²) < 4.78 is 4.91. The lowest BCUT2D eigenvalue weighted by atomic mass is 10.0. The molecule has 4 heteroatoms. The summed E-state index contributed by atoms with van der Waals surface area (Å²) in [5.74, 6) is 1.01. The van der Waals surface area contributed by atoms with Crippen molar-refractivity contribution in [1.29, 1.82) is 0 Å². The molecular weight excluding hydrogens is 228 g/mol. The molecule has 1 unspecified atom stereocenters. The summed E-state index contributed by atoms with van der Waals surface area (Å²) in [6, 6.07) is 3.95. The van der Waals surface area contributed by atoms with E-state index in [0.717, 1.165) is 12.2 Å². The molecule has 1 aromatic heterocycles. The first-order valence-corrected chi connectivity index (χ1v) is 6.48. The molecule has 0 saturated carbocycles. The summed E-state index contributed by atoms with van der Waals surface area (Å²) in [5, 5.41) is 3.36.